The number of methoxy groups -OCH3 is 1. The number of likely N-dealkylation sites (N-methyl/N-ethyl adjacent to an activating group) is 1. The van der Waals surface area contributed by atoms with Crippen molar-refractivity contribution >= 4 is 50.8 Å². The minimum atomic E-state index is -0.801. The number of rotatable bonds is 10. The lowest BCUT2D eigenvalue weighted by molar-refractivity contribution is -0.145. The van der Waals surface area contributed by atoms with Crippen molar-refractivity contribution in [1.82, 2.24) is 9.47 Å². The lowest BCUT2D eigenvalue weighted by Gasteiger charge is -2.30. The maximum absolute atomic E-state index is 14.7. The smallest absolute Gasteiger partial charge is 0.344 e. The molecule has 0 saturated carbocycles. The lowest BCUT2D eigenvalue weighted by atomic mass is 9.90. The van der Waals surface area contributed by atoms with E-state index in [0.717, 1.165) is 27.1 Å². The van der Waals surface area contributed by atoms with Gasteiger partial charge in [-0.3, -0.25) is 14.2 Å². The van der Waals surface area contributed by atoms with Gasteiger partial charge in [-0.15, -0.1) is 0 Å². The van der Waals surface area contributed by atoms with E-state index in [9.17, 15) is 14.4 Å². The summed E-state index contributed by atoms with van der Waals surface area (Å²) in [5.74, 6) is 0.338. The van der Waals surface area contributed by atoms with Crippen LogP contribution in [0.2, 0.25) is 0 Å². The maximum atomic E-state index is 14.7. The van der Waals surface area contributed by atoms with E-state index < -0.39 is 12.0 Å². The summed E-state index contributed by atoms with van der Waals surface area (Å²) in [6, 6.07) is 22.4. The van der Waals surface area contributed by atoms with Gasteiger partial charge in [0.1, 0.15) is 17.5 Å². The van der Waals surface area contributed by atoms with E-state index in [-0.39, 0.29) is 24.7 Å². The number of carbonyl (C=O) groups is 2. The van der Waals surface area contributed by atoms with Crippen molar-refractivity contribution in [2.45, 2.75) is 33.7 Å². The van der Waals surface area contributed by atoms with E-state index in [4.69, 9.17) is 19.2 Å². The molecule has 9 nitrogen and oxygen atoms in total. The average molecular weight is 664 g/mol. The molecule has 48 heavy (non-hydrogen) atoms. The molecule has 0 radical (unpaired) electrons. The van der Waals surface area contributed by atoms with Crippen LogP contribution >= 0.6 is 11.3 Å². The Hall–Kier alpha value is -5.22. The van der Waals surface area contributed by atoms with Crippen molar-refractivity contribution in [3.63, 3.8) is 0 Å². The largest absolute Gasteiger partial charge is 0.496 e. The van der Waals surface area contributed by atoms with E-state index >= 15 is 0 Å². The Morgan fingerprint density at radius 3 is 2.23 bits per heavy atom. The van der Waals surface area contributed by atoms with Crippen LogP contribution in [0.25, 0.3) is 27.6 Å². The van der Waals surface area contributed by atoms with Crippen LogP contribution in [0.5, 0.6) is 11.5 Å². The molecule has 0 fully saturated rings. The second kappa shape index (κ2) is 13.9. The van der Waals surface area contributed by atoms with E-state index in [0.29, 0.717) is 50.8 Å². The van der Waals surface area contributed by atoms with Gasteiger partial charge >= 0.3 is 5.97 Å². The first-order valence-electron chi connectivity index (χ1n) is 16.0. The normalized spacial score (nSPS) is 14.5. The number of hydrogen-bond donors (Lipinski definition) is 0. The van der Waals surface area contributed by atoms with Crippen molar-refractivity contribution in [3.8, 4) is 11.5 Å². The summed E-state index contributed by atoms with van der Waals surface area (Å²) in [6.07, 6.45) is 1.79. The summed E-state index contributed by atoms with van der Waals surface area (Å²) in [5.41, 5.74) is 2.04. The van der Waals surface area contributed by atoms with Crippen molar-refractivity contribution in [3.05, 3.63) is 115 Å². The predicted molar refractivity (Wildman–Crippen MR) is 188 cm³/mol. The van der Waals surface area contributed by atoms with Crippen molar-refractivity contribution < 1.29 is 23.8 Å². The number of ether oxygens (including phenoxy) is 3. The highest BCUT2D eigenvalue weighted by Gasteiger charge is 2.36. The minimum absolute atomic E-state index is 0.181. The first kappa shape index (κ1) is 32.7. The molecule has 1 aliphatic heterocycles. The highest BCUT2D eigenvalue weighted by atomic mass is 32.1. The minimum Gasteiger partial charge on any atom is -0.496 e. The Kier molecular flexibility index (Phi) is 9.45. The Morgan fingerprint density at radius 2 is 1.56 bits per heavy atom. The molecule has 6 rings (SSSR count). The van der Waals surface area contributed by atoms with Crippen LogP contribution < -0.4 is 24.4 Å². The molecule has 5 aromatic rings. The number of esters is 1. The number of benzene rings is 4. The summed E-state index contributed by atoms with van der Waals surface area (Å²) in [5, 5.41) is 3.63. The molecule has 0 spiro atoms. The maximum Gasteiger partial charge on any atom is 0.344 e. The number of amides is 1. The van der Waals surface area contributed by atoms with Crippen LogP contribution in [0.15, 0.2) is 93.9 Å². The van der Waals surface area contributed by atoms with Gasteiger partial charge in [-0.1, -0.05) is 72.0 Å². The molecular weight excluding hydrogens is 627 g/mol. The number of aromatic nitrogens is 1. The molecule has 10 heteroatoms. The molecule has 1 atom stereocenters. The summed E-state index contributed by atoms with van der Waals surface area (Å²) < 4.78 is 19.0. The van der Waals surface area contributed by atoms with Crippen LogP contribution in [-0.4, -0.2) is 54.8 Å². The van der Waals surface area contributed by atoms with Crippen LogP contribution in [0.3, 0.4) is 0 Å². The molecule has 246 valence electrons. The molecule has 0 saturated heterocycles. The zero-order valence-corrected chi connectivity index (χ0v) is 28.4. The van der Waals surface area contributed by atoms with Gasteiger partial charge in [0, 0.05) is 24.2 Å². The fourth-order valence-electron chi connectivity index (χ4n) is 6.31. The van der Waals surface area contributed by atoms with Crippen LogP contribution in [0.4, 0.5) is 0 Å². The van der Waals surface area contributed by atoms with Gasteiger partial charge in [0.05, 0.1) is 29.5 Å². The Balaban J connectivity index is 1.63. The van der Waals surface area contributed by atoms with Gasteiger partial charge in [-0.05, 0) is 67.4 Å². The topological polar surface area (TPSA) is 99.4 Å². The summed E-state index contributed by atoms with van der Waals surface area (Å²) in [4.78, 5) is 48.2. The Bertz CT molecular complexity index is 2260. The van der Waals surface area contributed by atoms with Crippen LogP contribution in [0, 0.1) is 0 Å². The molecule has 1 amide bonds. The van der Waals surface area contributed by atoms with Crippen LogP contribution in [0.1, 0.15) is 44.9 Å². The summed E-state index contributed by atoms with van der Waals surface area (Å²) in [7, 11) is 1.60. The number of carbonyl (C=O) groups excluding carboxylic acids is 2. The highest BCUT2D eigenvalue weighted by Crippen LogP contribution is 2.40. The van der Waals surface area contributed by atoms with E-state index in [1.165, 1.54) is 11.3 Å². The third kappa shape index (κ3) is 5.88. The SMILES string of the molecule is CCOC(=O)COc1ccc2ccccc2c1/C=c1/sc2n(c1=O)[C@H](c1c(OC)ccc3ccccc13)C(C(=O)N(CC)CC)=C(C)N=2. The monoisotopic (exact) mass is 663 g/mol. The fourth-order valence-corrected chi connectivity index (χ4v) is 7.33. The van der Waals surface area contributed by atoms with Gasteiger partial charge in [-0.2, -0.15) is 0 Å². The molecule has 1 aromatic heterocycles. The predicted octanol–water partition coefficient (Wildman–Crippen LogP) is 5.36. The second-order valence-electron chi connectivity index (χ2n) is 11.3. The number of thiazole rings is 1. The van der Waals surface area contributed by atoms with Crippen molar-refractivity contribution in [2.24, 2.45) is 4.99 Å². The average Bonchev–Trinajstić information content (AvgIpc) is 3.40. The van der Waals surface area contributed by atoms with Gasteiger partial charge in [0.2, 0.25) is 0 Å². The summed E-state index contributed by atoms with van der Waals surface area (Å²) >= 11 is 1.24. The molecule has 0 aliphatic carbocycles. The standard InChI is InChI=1S/C38H37N3O6S/c1-6-40(7-2)37(44)33-23(4)39-38-41(35(33)34-27-16-12-10-14-25(27)18-20-30(34)45-5)36(43)31(48-38)21-28-26-15-11-9-13-24(26)17-19-29(28)47-22-32(42)46-8-3/h9-21,35H,6-8,22H2,1-5H3/b31-21+/t35-/m0/s1. The van der Waals surface area contributed by atoms with Gasteiger partial charge in [0.25, 0.3) is 11.5 Å². The van der Waals surface area contributed by atoms with Gasteiger partial charge in [-0.25, -0.2) is 9.79 Å². The zero-order valence-electron chi connectivity index (χ0n) is 27.6. The number of hydrogen-bond acceptors (Lipinski definition) is 8. The Labute approximate surface area is 282 Å². The van der Waals surface area contributed by atoms with E-state index in [1.54, 1.807) is 35.6 Å². The van der Waals surface area contributed by atoms with Crippen molar-refractivity contribution in [1.29, 1.82) is 0 Å². The third-order valence-corrected chi connectivity index (χ3v) is 9.57. The highest BCUT2D eigenvalue weighted by molar-refractivity contribution is 7.07. The first-order valence-corrected chi connectivity index (χ1v) is 16.8. The number of nitrogens with zero attached hydrogens (tertiary/aromatic N) is 3. The lowest BCUT2D eigenvalue weighted by Crippen LogP contribution is -2.43. The second-order valence-corrected chi connectivity index (χ2v) is 12.3. The Morgan fingerprint density at radius 1 is 0.917 bits per heavy atom. The first-order chi connectivity index (χ1) is 23.3. The molecule has 0 bridgehead atoms. The van der Waals surface area contributed by atoms with Gasteiger partial charge in [0.15, 0.2) is 11.4 Å². The fraction of sp³-hybridized carbons (Fsp3) is 0.263. The number of allylic oxidation sites excluding steroid dienone is 1. The number of fused-ring (bicyclic) bond motifs is 3. The molecule has 2 heterocycles. The molecule has 0 N–H and O–H groups in total. The van der Waals surface area contributed by atoms with Crippen molar-refractivity contribution in [2.75, 3.05) is 33.4 Å². The summed E-state index contributed by atoms with van der Waals surface area (Å²) in [6.45, 7) is 8.42. The third-order valence-electron chi connectivity index (χ3n) is 8.58. The molecular formula is C38H37N3O6S. The molecule has 0 unspecified atom stereocenters. The molecule has 4 aromatic carbocycles. The molecule has 1 aliphatic rings. The quantitative estimate of drug-likeness (QED) is 0.187. The zero-order chi connectivity index (χ0) is 33.9. The van der Waals surface area contributed by atoms with Crippen LogP contribution in [-0.2, 0) is 14.3 Å². The van der Waals surface area contributed by atoms with E-state index in [2.05, 4.69) is 0 Å². The van der Waals surface area contributed by atoms with Gasteiger partial charge < -0.3 is 19.1 Å². The van der Waals surface area contributed by atoms with E-state index in [1.807, 2.05) is 87.5 Å².